The van der Waals surface area contributed by atoms with Gasteiger partial charge in [-0.1, -0.05) is 6.08 Å². The third kappa shape index (κ3) is 2.74. The fourth-order valence-electron chi connectivity index (χ4n) is 3.21. The second-order valence-corrected chi connectivity index (χ2v) is 6.39. The average Bonchev–Trinajstić information content (AvgIpc) is 3.32. The molecule has 4 aliphatic rings. The number of aromatic nitrogens is 1. The van der Waals surface area contributed by atoms with Crippen molar-refractivity contribution in [2.24, 2.45) is 9.98 Å². The van der Waals surface area contributed by atoms with Crippen LogP contribution >= 0.6 is 0 Å². The quantitative estimate of drug-likeness (QED) is 0.702. The summed E-state index contributed by atoms with van der Waals surface area (Å²) in [7, 11) is 0. The summed E-state index contributed by atoms with van der Waals surface area (Å²) in [5.41, 5.74) is 3.80. The van der Waals surface area contributed by atoms with E-state index in [9.17, 15) is 0 Å². The Morgan fingerprint density at radius 3 is 2.32 bits per heavy atom. The van der Waals surface area contributed by atoms with Gasteiger partial charge in [0.05, 0.1) is 22.8 Å². The molecule has 1 aromatic heterocycles. The Kier molecular flexibility index (Phi) is 2.91. The first kappa shape index (κ1) is 14.2. The number of halogens is 1. The van der Waals surface area contributed by atoms with Crippen LogP contribution in [-0.2, 0) is 0 Å². The van der Waals surface area contributed by atoms with Gasteiger partial charge in [0.2, 0.25) is 5.79 Å². The maximum atomic E-state index is 15.0. The number of aromatic amines is 1. The third-order valence-electron chi connectivity index (χ3n) is 4.36. The van der Waals surface area contributed by atoms with E-state index < -0.39 is 5.79 Å². The Morgan fingerprint density at radius 1 is 0.880 bits per heavy atom. The Balaban J connectivity index is 1.67. The molecule has 0 radical (unpaired) electrons. The molecule has 1 unspecified atom stereocenters. The Bertz CT molecular complexity index is 1100. The largest absolute Gasteiger partial charge is 0.355 e. The van der Waals surface area contributed by atoms with Gasteiger partial charge in [-0.2, -0.15) is 0 Å². The molecular formula is C20H15FN4. The minimum atomic E-state index is -1.62. The lowest BCUT2D eigenvalue weighted by atomic mass is 10.1. The minimum absolute atomic E-state index is 0.268. The first-order chi connectivity index (χ1) is 12.1. The topological polar surface area (TPSA) is 52.5 Å². The van der Waals surface area contributed by atoms with Crippen LogP contribution in [0.15, 0.2) is 81.7 Å². The number of hydrogen-bond donors (Lipinski definition) is 2. The number of H-pyrrole nitrogens is 1. The van der Waals surface area contributed by atoms with Gasteiger partial charge in [-0.05, 0) is 60.7 Å². The molecule has 1 atom stereocenters. The summed E-state index contributed by atoms with van der Waals surface area (Å²) < 4.78 is 15.0. The van der Waals surface area contributed by atoms with Gasteiger partial charge in [-0.25, -0.2) is 14.4 Å². The van der Waals surface area contributed by atoms with E-state index in [4.69, 9.17) is 0 Å². The summed E-state index contributed by atoms with van der Waals surface area (Å²) in [6, 6.07) is 3.99. The summed E-state index contributed by atoms with van der Waals surface area (Å²) in [5, 5.41) is 4.84. The Hall–Kier alpha value is -3.21. The highest BCUT2D eigenvalue weighted by Crippen LogP contribution is 2.28. The van der Waals surface area contributed by atoms with Crippen molar-refractivity contribution in [2.75, 3.05) is 0 Å². The second-order valence-electron chi connectivity index (χ2n) is 6.39. The van der Waals surface area contributed by atoms with Gasteiger partial charge < -0.3 is 10.3 Å². The summed E-state index contributed by atoms with van der Waals surface area (Å²) in [5.74, 6) is -1.62. The van der Waals surface area contributed by atoms with E-state index >= 15 is 4.39 Å². The lowest BCUT2D eigenvalue weighted by Crippen LogP contribution is -2.33. The van der Waals surface area contributed by atoms with E-state index in [0.717, 1.165) is 33.5 Å². The highest BCUT2D eigenvalue weighted by molar-refractivity contribution is 6.20. The van der Waals surface area contributed by atoms with Gasteiger partial charge in [-0.3, -0.25) is 0 Å². The number of fused-ring (bicyclic) bond motifs is 6. The zero-order chi connectivity index (χ0) is 16.9. The molecule has 8 bridgehead atoms. The zero-order valence-electron chi connectivity index (χ0n) is 13.3. The number of rotatable bonds is 0. The summed E-state index contributed by atoms with van der Waals surface area (Å²) in [6.45, 7) is 0. The van der Waals surface area contributed by atoms with Crippen LogP contribution in [0.25, 0.3) is 12.2 Å². The summed E-state index contributed by atoms with van der Waals surface area (Å²) >= 11 is 0. The summed E-state index contributed by atoms with van der Waals surface area (Å²) in [6.07, 6.45) is 17.0. The van der Waals surface area contributed by atoms with Crippen molar-refractivity contribution < 1.29 is 4.39 Å². The highest BCUT2D eigenvalue weighted by Gasteiger charge is 2.31. The van der Waals surface area contributed by atoms with Gasteiger partial charge in [-0.15, -0.1) is 0 Å². The van der Waals surface area contributed by atoms with Gasteiger partial charge in [0.1, 0.15) is 0 Å². The SMILES string of the molecule is FC12C=C3C=CC(=N3)C=c3ccc([nH]3)=CC3=NC(=CC(=CC1)N2)C=C3. The van der Waals surface area contributed by atoms with Crippen LogP contribution in [0.3, 0.4) is 0 Å². The molecule has 0 aliphatic carbocycles. The number of nitrogens with one attached hydrogen (secondary N) is 2. The maximum absolute atomic E-state index is 15.0. The van der Waals surface area contributed by atoms with Crippen LogP contribution in [0, 0.1) is 0 Å². The molecule has 1 aromatic rings. The molecule has 0 amide bonds. The number of hydrogen-bond acceptors (Lipinski definition) is 3. The Labute approximate surface area is 143 Å². The van der Waals surface area contributed by atoms with Crippen LogP contribution in [0.5, 0.6) is 0 Å². The summed E-state index contributed by atoms with van der Waals surface area (Å²) in [4.78, 5) is 12.4. The molecule has 4 nitrogen and oxygen atoms in total. The van der Waals surface area contributed by atoms with E-state index in [1.807, 2.05) is 60.7 Å². The van der Waals surface area contributed by atoms with Crippen LogP contribution in [0.2, 0.25) is 0 Å². The monoisotopic (exact) mass is 330 g/mol. The van der Waals surface area contributed by atoms with Crippen molar-refractivity contribution in [3.63, 3.8) is 0 Å². The molecule has 0 spiro atoms. The lowest BCUT2D eigenvalue weighted by Gasteiger charge is -2.17. The normalized spacial score (nSPS) is 26.0. The highest BCUT2D eigenvalue weighted by atomic mass is 19.1. The standard InChI is InChI=1S/C20H15FN4/c21-20-8-7-18(25-20)11-17-4-3-14(23-17)9-13-1-2-15(22-13)10-16-5-6-19(12-20)24-16/h1-7,9-12,22,25H,8H2. The lowest BCUT2D eigenvalue weighted by molar-refractivity contribution is 0.212. The van der Waals surface area contributed by atoms with Crippen LogP contribution in [0.1, 0.15) is 6.42 Å². The van der Waals surface area contributed by atoms with E-state index in [0.29, 0.717) is 5.70 Å². The van der Waals surface area contributed by atoms with Crippen LogP contribution < -0.4 is 16.0 Å². The van der Waals surface area contributed by atoms with Crippen molar-refractivity contribution in [1.29, 1.82) is 0 Å². The number of alkyl halides is 1. The first-order valence-corrected chi connectivity index (χ1v) is 8.18. The van der Waals surface area contributed by atoms with Crippen LogP contribution in [-0.4, -0.2) is 22.2 Å². The predicted octanol–water partition coefficient (Wildman–Crippen LogP) is 1.92. The Morgan fingerprint density at radius 2 is 1.56 bits per heavy atom. The zero-order valence-corrected chi connectivity index (χ0v) is 13.3. The van der Waals surface area contributed by atoms with Gasteiger partial charge in [0.15, 0.2) is 0 Å². The van der Waals surface area contributed by atoms with Crippen molar-refractivity contribution in [3.8, 4) is 0 Å². The second kappa shape index (κ2) is 5.14. The smallest absolute Gasteiger partial charge is 0.205 e. The molecule has 5 heterocycles. The average molecular weight is 330 g/mol. The molecular weight excluding hydrogens is 315 g/mol. The van der Waals surface area contributed by atoms with Crippen molar-refractivity contribution in [3.05, 3.63) is 82.5 Å². The van der Waals surface area contributed by atoms with Crippen LogP contribution in [0.4, 0.5) is 4.39 Å². The van der Waals surface area contributed by atoms with Crippen molar-refractivity contribution >= 4 is 23.6 Å². The minimum Gasteiger partial charge on any atom is -0.355 e. The van der Waals surface area contributed by atoms with Crippen molar-refractivity contribution in [2.45, 2.75) is 12.2 Å². The molecule has 122 valence electrons. The number of nitrogens with zero attached hydrogens (tertiary/aromatic N) is 2. The molecule has 2 N–H and O–H groups in total. The number of aliphatic imine (C=N–C) groups is 2. The number of allylic oxidation sites excluding steroid dienone is 5. The molecule has 5 rings (SSSR count). The molecule has 0 saturated carbocycles. The van der Waals surface area contributed by atoms with E-state index in [1.165, 1.54) is 6.08 Å². The molecule has 0 aromatic carbocycles. The van der Waals surface area contributed by atoms with E-state index in [1.54, 1.807) is 0 Å². The molecule has 0 saturated heterocycles. The maximum Gasteiger partial charge on any atom is 0.205 e. The van der Waals surface area contributed by atoms with Crippen molar-refractivity contribution in [1.82, 2.24) is 10.3 Å². The fourth-order valence-corrected chi connectivity index (χ4v) is 3.21. The molecule has 5 heteroatoms. The predicted molar refractivity (Wildman–Crippen MR) is 98.0 cm³/mol. The molecule has 25 heavy (non-hydrogen) atoms. The fraction of sp³-hybridized carbons (Fsp3) is 0.100. The molecule has 0 fully saturated rings. The molecule has 4 aliphatic heterocycles. The van der Waals surface area contributed by atoms with E-state index in [2.05, 4.69) is 20.3 Å². The van der Waals surface area contributed by atoms with Gasteiger partial charge in [0.25, 0.3) is 0 Å². The van der Waals surface area contributed by atoms with E-state index in [-0.39, 0.29) is 6.42 Å². The van der Waals surface area contributed by atoms with Gasteiger partial charge in [0, 0.05) is 22.8 Å². The first-order valence-electron chi connectivity index (χ1n) is 8.18. The third-order valence-corrected chi connectivity index (χ3v) is 4.36. The van der Waals surface area contributed by atoms with Gasteiger partial charge >= 0.3 is 0 Å².